The van der Waals surface area contributed by atoms with Crippen LogP contribution in [0.5, 0.6) is 0 Å². The monoisotopic (exact) mass is 371 g/mol. The van der Waals surface area contributed by atoms with Crippen molar-refractivity contribution < 1.29 is 13.2 Å². The Morgan fingerprint density at radius 3 is 2.62 bits per heavy atom. The first-order valence-corrected chi connectivity index (χ1v) is 10.3. The minimum atomic E-state index is -2.96. The Labute approximate surface area is 147 Å². The van der Waals surface area contributed by atoms with Gasteiger partial charge in [-0.3, -0.25) is 9.69 Å². The van der Waals surface area contributed by atoms with Crippen LogP contribution in [-0.2, 0) is 14.6 Å². The molecule has 1 aromatic carbocycles. The molecule has 2 aliphatic heterocycles. The van der Waals surface area contributed by atoms with Crippen LogP contribution in [0.3, 0.4) is 0 Å². The van der Waals surface area contributed by atoms with Gasteiger partial charge in [0, 0.05) is 42.9 Å². The first kappa shape index (κ1) is 17.5. The summed E-state index contributed by atoms with van der Waals surface area (Å²) >= 11 is 6.03. The van der Waals surface area contributed by atoms with Crippen molar-refractivity contribution in [3.05, 3.63) is 29.3 Å². The number of hydrogen-bond acceptors (Lipinski definition) is 5. The predicted molar refractivity (Wildman–Crippen MR) is 95.3 cm³/mol. The molecule has 2 aliphatic rings. The Balaban J connectivity index is 1.44. The van der Waals surface area contributed by atoms with Crippen LogP contribution in [0.15, 0.2) is 24.3 Å². The minimum absolute atomic E-state index is 0.0707. The maximum absolute atomic E-state index is 12.1. The molecule has 1 atom stereocenters. The quantitative estimate of drug-likeness (QED) is 0.846. The van der Waals surface area contributed by atoms with Crippen LogP contribution in [0.2, 0.25) is 5.02 Å². The summed E-state index contributed by atoms with van der Waals surface area (Å²) in [4.78, 5) is 16.4. The van der Waals surface area contributed by atoms with Gasteiger partial charge in [0.05, 0.1) is 18.1 Å². The fourth-order valence-electron chi connectivity index (χ4n) is 3.22. The fourth-order valence-corrected chi connectivity index (χ4v) is 5.08. The molecule has 0 saturated carbocycles. The standard InChI is InChI=1S/C16H22ClN3O3S/c17-13-2-1-3-15(10-13)20-7-5-19(6-8-20)11-16(21)18-14-4-9-24(22,23)12-14/h1-3,10,14H,4-9,11-12H2,(H,18,21). The van der Waals surface area contributed by atoms with Gasteiger partial charge >= 0.3 is 0 Å². The third-order valence-corrected chi connectivity index (χ3v) is 6.51. The fraction of sp³-hybridized carbons (Fsp3) is 0.562. The molecule has 8 heteroatoms. The molecular formula is C16H22ClN3O3S. The van der Waals surface area contributed by atoms with Crippen molar-refractivity contribution in [3.63, 3.8) is 0 Å². The van der Waals surface area contributed by atoms with Crippen molar-refractivity contribution in [1.82, 2.24) is 10.2 Å². The Bertz CT molecular complexity index is 702. The third-order valence-electron chi connectivity index (χ3n) is 4.51. The lowest BCUT2D eigenvalue weighted by molar-refractivity contribution is -0.122. The van der Waals surface area contributed by atoms with Gasteiger partial charge in [0.1, 0.15) is 0 Å². The summed E-state index contributed by atoms with van der Waals surface area (Å²) in [6.07, 6.45) is 0.524. The Morgan fingerprint density at radius 1 is 1.25 bits per heavy atom. The molecule has 2 fully saturated rings. The number of amides is 1. The van der Waals surface area contributed by atoms with Crippen LogP contribution >= 0.6 is 11.6 Å². The number of carbonyl (C=O) groups excluding carboxylic acids is 1. The minimum Gasteiger partial charge on any atom is -0.369 e. The van der Waals surface area contributed by atoms with Crippen LogP contribution in [0.1, 0.15) is 6.42 Å². The maximum atomic E-state index is 12.1. The summed E-state index contributed by atoms with van der Waals surface area (Å²) in [6.45, 7) is 3.59. The Hall–Kier alpha value is -1.31. The smallest absolute Gasteiger partial charge is 0.234 e. The molecule has 1 amide bonds. The van der Waals surface area contributed by atoms with Crippen molar-refractivity contribution in [2.45, 2.75) is 12.5 Å². The van der Waals surface area contributed by atoms with Gasteiger partial charge in [0.2, 0.25) is 5.91 Å². The van der Waals surface area contributed by atoms with E-state index in [0.29, 0.717) is 13.0 Å². The average Bonchev–Trinajstić information content (AvgIpc) is 2.86. The number of halogens is 1. The molecule has 1 N–H and O–H groups in total. The van der Waals surface area contributed by atoms with E-state index in [-0.39, 0.29) is 23.5 Å². The number of benzene rings is 1. The predicted octanol–water partition coefficient (Wildman–Crippen LogP) is 0.765. The van der Waals surface area contributed by atoms with E-state index in [1.165, 1.54) is 0 Å². The van der Waals surface area contributed by atoms with Gasteiger partial charge in [-0.25, -0.2) is 8.42 Å². The van der Waals surface area contributed by atoms with E-state index in [9.17, 15) is 13.2 Å². The van der Waals surface area contributed by atoms with Crippen LogP contribution < -0.4 is 10.2 Å². The molecular weight excluding hydrogens is 350 g/mol. The van der Waals surface area contributed by atoms with Gasteiger partial charge in [-0.05, 0) is 24.6 Å². The Morgan fingerprint density at radius 2 is 2.00 bits per heavy atom. The van der Waals surface area contributed by atoms with Crippen LogP contribution in [0.25, 0.3) is 0 Å². The summed E-state index contributed by atoms with van der Waals surface area (Å²) in [5.74, 6) is 0.158. The van der Waals surface area contributed by atoms with Crippen molar-refractivity contribution in [1.29, 1.82) is 0 Å². The number of piperazine rings is 1. The van der Waals surface area contributed by atoms with E-state index in [0.717, 1.165) is 36.9 Å². The van der Waals surface area contributed by atoms with E-state index in [1.807, 2.05) is 24.3 Å². The van der Waals surface area contributed by atoms with E-state index in [4.69, 9.17) is 11.6 Å². The highest BCUT2D eigenvalue weighted by atomic mass is 35.5. The van der Waals surface area contributed by atoms with Gasteiger partial charge in [0.25, 0.3) is 0 Å². The second kappa shape index (κ2) is 7.29. The Kier molecular flexibility index (Phi) is 5.32. The molecule has 132 valence electrons. The molecule has 6 nitrogen and oxygen atoms in total. The van der Waals surface area contributed by atoms with Gasteiger partial charge in [0.15, 0.2) is 9.84 Å². The molecule has 0 spiro atoms. The van der Waals surface area contributed by atoms with E-state index in [1.54, 1.807) is 0 Å². The molecule has 2 saturated heterocycles. The number of hydrogen-bond donors (Lipinski definition) is 1. The third kappa shape index (κ3) is 4.62. The van der Waals surface area contributed by atoms with E-state index in [2.05, 4.69) is 15.1 Å². The zero-order valence-corrected chi connectivity index (χ0v) is 15.0. The summed E-state index contributed by atoms with van der Waals surface area (Å²) in [5, 5.41) is 3.56. The molecule has 0 radical (unpaired) electrons. The first-order valence-electron chi connectivity index (χ1n) is 8.14. The molecule has 1 aromatic rings. The topological polar surface area (TPSA) is 69.7 Å². The van der Waals surface area contributed by atoms with Gasteiger partial charge in [-0.2, -0.15) is 0 Å². The van der Waals surface area contributed by atoms with Crippen molar-refractivity contribution in [2.75, 3.05) is 49.1 Å². The molecule has 3 rings (SSSR count). The number of carbonyl (C=O) groups is 1. The highest BCUT2D eigenvalue weighted by molar-refractivity contribution is 7.91. The van der Waals surface area contributed by atoms with Gasteiger partial charge in [-0.15, -0.1) is 0 Å². The van der Waals surface area contributed by atoms with Crippen molar-refractivity contribution >= 4 is 33.0 Å². The highest BCUT2D eigenvalue weighted by Crippen LogP contribution is 2.20. The van der Waals surface area contributed by atoms with E-state index < -0.39 is 9.84 Å². The number of anilines is 1. The first-order chi connectivity index (χ1) is 11.4. The second-order valence-electron chi connectivity index (χ2n) is 6.41. The molecule has 0 aromatic heterocycles. The van der Waals surface area contributed by atoms with E-state index >= 15 is 0 Å². The normalized spacial score (nSPS) is 24.0. The number of rotatable bonds is 4. The number of sulfone groups is 1. The van der Waals surface area contributed by atoms with Crippen LogP contribution in [-0.4, -0.2) is 69.5 Å². The van der Waals surface area contributed by atoms with Crippen molar-refractivity contribution in [2.24, 2.45) is 0 Å². The largest absolute Gasteiger partial charge is 0.369 e. The second-order valence-corrected chi connectivity index (χ2v) is 9.08. The molecule has 24 heavy (non-hydrogen) atoms. The zero-order valence-electron chi connectivity index (χ0n) is 13.4. The molecule has 2 heterocycles. The van der Waals surface area contributed by atoms with Gasteiger partial charge < -0.3 is 10.2 Å². The number of nitrogens with one attached hydrogen (secondary N) is 1. The van der Waals surface area contributed by atoms with Crippen molar-refractivity contribution in [3.8, 4) is 0 Å². The van der Waals surface area contributed by atoms with Gasteiger partial charge in [-0.1, -0.05) is 17.7 Å². The summed E-state index contributed by atoms with van der Waals surface area (Å²) in [5.41, 5.74) is 1.10. The lowest BCUT2D eigenvalue weighted by Gasteiger charge is -2.35. The SMILES string of the molecule is O=C(CN1CCN(c2cccc(Cl)c2)CC1)NC1CCS(=O)(=O)C1. The maximum Gasteiger partial charge on any atom is 0.234 e. The number of nitrogens with zero attached hydrogens (tertiary/aromatic N) is 2. The molecule has 1 unspecified atom stereocenters. The summed E-state index contributed by atoms with van der Waals surface area (Å²) in [7, 11) is -2.96. The summed E-state index contributed by atoms with van der Waals surface area (Å²) < 4.78 is 22.9. The summed E-state index contributed by atoms with van der Waals surface area (Å²) in [6, 6.07) is 7.55. The molecule has 0 aliphatic carbocycles. The average molecular weight is 372 g/mol. The van der Waals surface area contributed by atoms with Crippen LogP contribution in [0.4, 0.5) is 5.69 Å². The lowest BCUT2D eigenvalue weighted by atomic mass is 10.2. The zero-order chi connectivity index (χ0) is 17.2. The lowest BCUT2D eigenvalue weighted by Crippen LogP contribution is -2.50. The van der Waals surface area contributed by atoms with Crippen LogP contribution in [0, 0.1) is 0 Å². The highest BCUT2D eigenvalue weighted by Gasteiger charge is 2.29. The molecule has 0 bridgehead atoms.